The largest absolute Gasteiger partial charge is 0.398 e. The Kier molecular flexibility index (Phi) is 6.71. The first kappa shape index (κ1) is 18.7. The first-order valence-corrected chi connectivity index (χ1v) is 7.98. The van der Waals surface area contributed by atoms with Crippen LogP contribution in [-0.2, 0) is 4.74 Å². The Bertz CT molecular complexity index is 750. The number of ether oxygens (including phenoxy) is 1. The van der Waals surface area contributed by atoms with E-state index in [0.717, 1.165) is 17.6 Å². The first-order chi connectivity index (χ1) is 12.0. The third-order valence-corrected chi connectivity index (χ3v) is 3.80. The highest BCUT2D eigenvalue weighted by Crippen LogP contribution is 2.22. The maximum Gasteiger partial charge on any atom is 0.123 e. The second-order valence-corrected chi connectivity index (χ2v) is 5.65. The molecule has 0 amide bonds. The standard InChI is InChI=1S/C20H22F2N2O/c1-25-12-2-3-16(20(24)15-6-10-18(22)11-7-15)13-19(23)14-4-8-17(21)9-5-14/h4-11,13H,2-3,12,23-24H2,1H3/b19-13-,20-16-. The number of hydrogen-bond acceptors (Lipinski definition) is 3. The van der Waals surface area contributed by atoms with Gasteiger partial charge in [0, 0.05) is 25.1 Å². The average Bonchev–Trinajstić information content (AvgIpc) is 2.61. The molecule has 2 aromatic rings. The summed E-state index contributed by atoms with van der Waals surface area (Å²) in [6.07, 6.45) is 3.20. The van der Waals surface area contributed by atoms with Crippen LogP contribution in [0.3, 0.4) is 0 Å². The normalized spacial score (nSPS) is 12.8. The molecule has 0 aliphatic carbocycles. The Labute approximate surface area is 146 Å². The number of hydrogen-bond donors (Lipinski definition) is 2. The van der Waals surface area contributed by atoms with Crippen molar-refractivity contribution in [2.45, 2.75) is 12.8 Å². The summed E-state index contributed by atoms with van der Waals surface area (Å²) >= 11 is 0. The van der Waals surface area contributed by atoms with Crippen LogP contribution in [0.4, 0.5) is 8.78 Å². The summed E-state index contributed by atoms with van der Waals surface area (Å²) in [4.78, 5) is 0. The van der Waals surface area contributed by atoms with Gasteiger partial charge in [-0.15, -0.1) is 0 Å². The lowest BCUT2D eigenvalue weighted by Crippen LogP contribution is -2.05. The molecule has 0 fully saturated rings. The van der Waals surface area contributed by atoms with Gasteiger partial charge in [-0.1, -0.05) is 12.1 Å². The molecule has 0 bridgehead atoms. The molecular formula is C20H22F2N2O. The number of allylic oxidation sites excluding steroid dienone is 2. The summed E-state index contributed by atoms with van der Waals surface area (Å²) < 4.78 is 31.3. The highest BCUT2D eigenvalue weighted by Gasteiger charge is 2.07. The quantitative estimate of drug-likeness (QED) is 0.588. The zero-order valence-corrected chi connectivity index (χ0v) is 14.1. The van der Waals surface area contributed by atoms with Crippen molar-refractivity contribution in [2.75, 3.05) is 13.7 Å². The van der Waals surface area contributed by atoms with Crippen molar-refractivity contribution in [3.8, 4) is 0 Å². The van der Waals surface area contributed by atoms with Crippen molar-refractivity contribution in [2.24, 2.45) is 11.5 Å². The molecule has 5 heteroatoms. The van der Waals surface area contributed by atoms with Crippen molar-refractivity contribution in [3.05, 3.63) is 82.9 Å². The van der Waals surface area contributed by atoms with Crippen LogP contribution in [0.2, 0.25) is 0 Å². The van der Waals surface area contributed by atoms with Gasteiger partial charge in [0.1, 0.15) is 11.6 Å². The van der Waals surface area contributed by atoms with Gasteiger partial charge in [0.2, 0.25) is 0 Å². The monoisotopic (exact) mass is 344 g/mol. The second kappa shape index (κ2) is 8.99. The summed E-state index contributed by atoms with van der Waals surface area (Å²) in [6.45, 7) is 0.588. The molecule has 3 nitrogen and oxygen atoms in total. The Morgan fingerprint density at radius 3 is 1.96 bits per heavy atom. The van der Waals surface area contributed by atoms with Crippen LogP contribution in [0.1, 0.15) is 24.0 Å². The van der Waals surface area contributed by atoms with Crippen molar-refractivity contribution in [1.82, 2.24) is 0 Å². The van der Waals surface area contributed by atoms with E-state index in [1.54, 1.807) is 37.5 Å². The van der Waals surface area contributed by atoms with Crippen molar-refractivity contribution in [1.29, 1.82) is 0 Å². The summed E-state index contributed by atoms with van der Waals surface area (Å²) in [6, 6.07) is 11.9. The van der Waals surface area contributed by atoms with Gasteiger partial charge in [0.25, 0.3) is 0 Å². The molecule has 0 aromatic heterocycles. The van der Waals surface area contributed by atoms with Crippen molar-refractivity contribution < 1.29 is 13.5 Å². The Morgan fingerprint density at radius 1 is 0.920 bits per heavy atom. The minimum Gasteiger partial charge on any atom is -0.398 e. The number of nitrogens with two attached hydrogens (primary N) is 2. The third-order valence-electron chi connectivity index (χ3n) is 3.80. The molecular weight excluding hydrogens is 322 g/mol. The zero-order valence-electron chi connectivity index (χ0n) is 14.1. The van der Waals surface area contributed by atoms with Gasteiger partial charge in [-0.3, -0.25) is 0 Å². The van der Waals surface area contributed by atoms with Gasteiger partial charge >= 0.3 is 0 Å². The summed E-state index contributed by atoms with van der Waals surface area (Å²) in [5.41, 5.74) is 15.7. The van der Waals surface area contributed by atoms with E-state index in [9.17, 15) is 8.78 Å². The van der Waals surface area contributed by atoms with E-state index in [1.165, 1.54) is 24.3 Å². The van der Waals surface area contributed by atoms with Gasteiger partial charge in [0.05, 0.1) is 0 Å². The molecule has 0 saturated heterocycles. The zero-order chi connectivity index (χ0) is 18.2. The van der Waals surface area contributed by atoms with E-state index in [-0.39, 0.29) is 11.6 Å². The van der Waals surface area contributed by atoms with Crippen LogP contribution in [-0.4, -0.2) is 13.7 Å². The van der Waals surface area contributed by atoms with E-state index >= 15 is 0 Å². The minimum atomic E-state index is -0.321. The highest BCUT2D eigenvalue weighted by atomic mass is 19.1. The third kappa shape index (κ3) is 5.43. The molecule has 25 heavy (non-hydrogen) atoms. The summed E-state index contributed by atoms with van der Waals surface area (Å²) in [5, 5.41) is 0. The molecule has 132 valence electrons. The Hall–Kier alpha value is -2.66. The van der Waals surface area contributed by atoms with Gasteiger partial charge in [-0.2, -0.15) is 0 Å². The fourth-order valence-electron chi connectivity index (χ4n) is 2.42. The van der Waals surface area contributed by atoms with Crippen LogP contribution in [0, 0.1) is 11.6 Å². The van der Waals surface area contributed by atoms with Crippen LogP contribution < -0.4 is 11.5 Å². The van der Waals surface area contributed by atoms with E-state index in [1.807, 2.05) is 0 Å². The maximum atomic E-state index is 13.1. The van der Waals surface area contributed by atoms with Crippen molar-refractivity contribution in [3.63, 3.8) is 0 Å². The molecule has 2 rings (SSSR count). The second-order valence-electron chi connectivity index (χ2n) is 5.65. The van der Waals surface area contributed by atoms with Gasteiger partial charge in [-0.05, 0) is 72.0 Å². The van der Waals surface area contributed by atoms with E-state index < -0.39 is 0 Å². The minimum absolute atomic E-state index is 0.321. The molecule has 0 radical (unpaired) electrons. The van der Waals surface area contributed by atoms with Crippen LogP contribution in [0.5, 0.6) is 0 Å². The molecule has 0 aliphatic heterocycles. The molecule has 0 heterocycles. The Morgan fingerprint density at radius 2 is 1.44 bits per heavy atom. The molecule has 2 aromatic carbocycles. The van der Waals surface area contributed by atoms with E-state index in [2.05, 4.69) is 0 Å². The summed E-state index contributed by atoms with van der Waals surface area (Å²) in [7, 11) is 1.63. The van der Waals surface area contributed by atoms with Crippen LogP contribution in [0.25, 0.3) is 11.4 Å². The molecule has 0 aliphatic rings. The number of halogens is 2. The predicted octanol–water partition coefficient (Wildman–Crippen LogP) is 4.06. The van der Waals surface area contributed by atoms with Crippen LogP contribution >= 0.6 is 0 Å². The van der Waals surface area contributed by atoms with E-state index in [4.69, 9.17) is 16.2 Å². The lowest BCUT2D eigenvalue weighted by atomic mass is 10.00. The molecule has 0 unspecified atom stereocenters. The van der Waals surface area contributed by atoms with Crippen molar-refractivity contribution >= 4 is 11.4 Å². The fourth-order valence-corrected chi connectivity index (χ4v) is 2.42. The predicted molar refractivity (Wildman–Crippen MR) is 97.2 cm³/mol. The van der Waals surface area contributed by atoms with Gasteiger partial charge in [-0.25, -0.2) is 8.78 Å². The van der Waals surface area contributed by atoms with E-state index in [0.29, 0.717) is 30.0 Å². The molecule has 4 N–H and O–H groups in total. The highest BCUT2D eigenvalue weighted by molar-refractivity contribution is 5.74. The SMILES string of the molecule is COCCCC(/C=C(\N)c1ccc(F)cc1)=C(/N)c1ccc(F)cc1. The maximum absolute atomic E-state index is 13.1. The van der Waals surface area contributed by atoms with Gasteiger partial charge < -0.3 is 16.2 Å². The lowest BCUT2D eigenvalue weighted by molar-refractivity contribution is 0.195. The number of benzene rings is 2. The topological polar surface area (TPSA) is 61.3 Å². The average molecular weight is 344 g/mol. The fraction of sp³-hybridized carbons (Fsp3) is 0.200. The summed E-state index contributed by atoms with van der Waals surface area (Å²) in [5.74, 6) is -0.642. The van der Waals surface area contributed by atoms with Gasteiger partial charge in [0.15, 0.2) is 0 Å². The molecule has 0 saturated carbocycles. The molecule has 0 spiro atoms. The Balaban J connectivity index is 2.37. The first-order valence-electron chi connectivity index (χ1n) is 7.98. The van der Waals surface area contributed by atoms with Crippen LogP contribution in [0.15, 0.2) is 60.2 Å². The molecule has 0 atom stereocenters. The lowest BCUT2D eigenvalue weighted by Gasteiger charge is -2.11. The smallest absolute Gasteiger partial charge is 0.123 e. The number of rotatable bonds is 7. The number of methoxy groups -OCH3 is 1.